The topological polar surface area (TPSA) is 231 Å². The normalized spacial score (nSPS) is 28.8. The number of hydrogen-bond donors (Lipinski definition) is 7. The van der Waals surface area contributed by atoms with Crippen molar-refractivity contribution in [1.82, 2.24) is 0 Å². The molecule has 0 spiro atoms. The van der Waals surface area contributed by atoms with Crippen LogP contribution in [-0.4, -0.2) is 142 Å². The van der Waals surface area contributed by atoms with Crippen LogP contribution in [0.4, 0.5) is 0 Å². The van der Waals surface area contributed by atoms with E-state index in [9.17, 15) is 45.3 Å². The van der Waals surface area contributed by atoms with Crippen molar-refractivity contribution in [2.45, 2.75) is 158 Å². The number of aliphatic hydroxyl groups is 7. The van der Waals surface area contributed by atoms with Gasteiger partial charge in [-0.1, -0.05) is 106 Å². The first-order valence-electron chi connectivity index (χ1n) is 20.6. The summed E-state index contributed by atoms with van der Waals surface area (Å²) < 4.78 is 33.2. The van der Waals surface area contributed by atoms with Crippen molar-refractivity contribution < 1.29 is 73.8 Å². The number of rotatable bonds is 28. The molecule has 0 bridgehead atoms. The van der Waals surface area contributed by atoms with Crippen molar-refractivity contribution >= 4 is 11.9 Å². The predicted molar refractivity (Wildman–Crippen MR) is 215 cm³/mol. The Labute approximate surface area is 342 Å². The molecule has 5 unspecified atom stereocenters. The molecule has 2 saturated heterocycles. The van der Waals surface area contributed by atoms with Gasteiger partial charge < -0.3 is 64.2 Å². The van der Waals surface area contributed by atoms with E-state index in [-0.39, 0.29) is 19.4 Å². The highest BCUT2D eigenvalue weighted by atomic mass is 16.7. The molecule has 2 fully saturated rings. The third-order valence-corrected chi connectivity index (χ3v) is 9.27. The van der Waals surface area contributed by atoms with Crippen LogP contribution in [0, 0.1) is 0 Å². The van der Waals surface area contributed by atoms with Crippen LogP contribution in [0.15, 0.2) is 72.9 Å². The van der Waals surface area contributed by atoms with Crippen LogP contribution in [-0.2, 0) is 38.0 Å². The maximum absolute atomic E-state index is 12.9. The van der Waals surface area contributed by atoms with E-state index >= 15 is 0 Å². The summed E-state index contributed by atoms with van der Waals surface area (Å²) >= 11 is 0. The molecule has 2 aliphatic rings. The standard InChI is InChI=1S/C43H68O15/c1-3-5-7-9-11-13-14-15-16-18-20-22-24-26-35(46)56-31(28-53-34(45)25-23-21-19-17-12-10-8-6-4-2)29-54-42-41(52)39(50)37(48)33(58-42)30-55-43-40(51)38(49)36(47)32(27-44)57-43/h5-9,11-14,17,21,23,31-33,36-44,47-52H,3-4,10,15-16,18-20,22,24-30H2,1-2H3/b7-5+,8-6+,11-9+,14-13+,17-12+,23-21+/t31?,32-,33-,36+,37+,38?,39?,40?,41?,42-,43-/m1/s1. The predicted octanol–water partition coefficient (Wildman–Crippen LogP) is 3.14. The number of esters is 2. The van der Waals surface area contributed by atoms with Gasteiger partial charge >= 0.3 is 11.9 Å². The fourth-order valence-electron chi connectivity index (χ4n) is 5.86. The third-order valence-electron chi connectivity index (χ3n) is 9.27. The largest absolute Gasteiger partial charge is 0.461 e. The summed E-state index contributed by atoms with van der Waals surface area (Å²) in [5, 5.41) is 71.6. The Morgan fingerprint density at radius 1 is 0.586 bits per heavy atom. The molecule has 58 heavy (non-hydrogen) atoms. The van der Waals surface area contributed by atoms with Crippen LogP contribution in [0.2, 0.25) is 0 Å². The van der Waals surface area contributed by atoms with E-state index in [0.29, 0.717) is 12.8 Å². The molecule has 15 nitrogen and oxygen atoms in total. The number of allylic oxidation sites excluding steroid dienone is 11. The summed E-state index contributed by atoms with van der Waals surface area (Å²) in [5.74, 6) is -1.10. The van der Waals surface area contributed by atoms with E-state index in [2.05, 4.69) is 38.2 Å². The highest BCUT2D eigenvalue weighted by molar-refractivity contribution is 5.71. The molecule has 11 atom stereocenters. The first-order valence-corrected chi connectivity index (χ1v) is 20.6. The van der Waals surface area contributed by atoms with Gasteiger partial charge in [0.05, 0.1) is 26.2 Å². The summed E-state index contributed by atoms with van der Waals surface area (Å²) in [4.78, 5) is 25.4. The maximum atomic E-state index is 12.9. The van der Waals surface area contributed by atoms with Gasteiger partial charge in [-0.25, -0.2) is 0 Å². The summed E-state index contributed by atoms with van der Waals surface area (Å²) in [6.45, 7) is 2.13. The summed E-state index contributed by atoms with van der Waals surface area (Å²) in [7, 11) is 0. The highest BCUT2D eigenvalue weighted by Gasteiger charge is 2.47. The van der Waals surface area contributed by atoms with Crippen LogP contribution in [0.1, 0.15) is 90.9 Å². The molecule has 7 N–H and O–H groups in total. The van der Waals surface area contributed by atoms with E-state index in [0.717, 1.165) is 51.4 Å². The summed E-state index contributed by atoms with van der Waals surface area (Å²) in [6.07, 6.45) is 15.8. The van der Waals surface area contributed by atoms with Crippen LogP contribution in [0.5, 0.6) is 0 Å². The van der Waals surface area contributed by atoms with Gasteiger partial charge in [-0.3, -0.25) is 9.59 Å². The monoisotopic (exact) mass is 824 g/mol. The van der Waals surface area contributed by atoms with Crippen molar-refractivity contribution in [3.8, 4) is 0 Å². The molecule has 0 saturated carbocycles. The average molecular weight is 825 g/mol. The number of carbonyl (C=O) groups is 2. The Hall–Kier alpha value is -3.06. The lowest BCUT2D eigenvalue weighted by molar-refractivity contribution is -0.332. The number of carbonyl (C=O) groups excluding carboxylic acids is 2. The zero-order valence-corrected chi connectivity index (χ0v) is 34.0. The minimum Gasteiger partial charge on any atom is -0.461 e. The minimum atomic E-state index is -1.78. The van der Waals surface area contributed by atoms with Crippen LogP contribution < -0.4 is 0 Å². The number of ether oxygens (including phenoxy) is 6. The minimum absolute atomic E-state index is 0.0153. The molecule has 0 aliphatic carbocycles. The van der Waals surface area contributed by atoms with E-state index < -0.39 is 99.3 Å². The van der Waals surface area contributed by atoms with Gasteiger partial charge in [-0.15, -0.1) is 0 Å². The number of aliphatic hydroxyl groups excluding tert-OH is 7. The molecule has 0 amide bonds. The molecule has 0 aromatic rings. The van der Waals surface area contributed by atoms with E-state index in [1.165, 1.54) is 0 Å². The van der Waals surface area contributed by atoms with Crippen molar-refractivity contribution in [1.29, 1.82) is 0 Å². The Balaban J connectivity index is 1.93. The van der Waals surface area contributed by atoms with Crippen molar-refractivity contribution in [2.24, 2.45) is 0 Å². The van der Waals surface area contributed by atoms with Gasteiger partial charge in [-0.2, -0.15) is 0 Å². The number of unbranched alkanes of at least 4 members (excludes halogenated alkanes) is 5. The zero-order chi connectivity index (χ0) is 42.5. The van der Waals surface area contributed by atoms with Gasteiger partial charge in [0.15, 0.2) is 18.7 Å². The molecule has 0 aromatic carbocycles. The van der Waals surface area contributed by atoms with Crippen molar-refractivity contribution in [2.75, 3.05) is 26.4 Å². The lowest BCUT2D eigenvalue weighted by Crippen LogP contribution is -2.61. The van der Waals surface area contributed by atoms with E-state index in [1.54, 1.807) is 6.08 Å². The third kappa shape index (κ3) is 20.3. The molecule has 330 valence electrons. The fourth-order valence-corrected chi connectivity index (χ4v) is 5.86. The Morgan fingerprint density at radius 3 is 1.83 bits per heavy atom. The Kier molecular flexibility index (Phi) is 27.2. The molecular formula is C43H68O15. The SMILES string of the molecule is CC/C=C/C=C/C=C/CCCCCCCC(=O)OC(COC(=O)C/C=C/C/C=C/C/C=C/CC)CO[C@@H]1O[C@H](CO[C@@H]2O[C@H](CO)[C@H](O)C(O)C2O)[C@H](O)C(O)C1O. The Bertz CT molecular complexity index is 1290. The lowest BCUT2D eigenvalue weighted by Gasteiger charge is -2.42. The lowest BCUT2D eigenvalue weighted by atomic mass is 9.98. The smallest absolute Gasteiger partial charge is 0.309 e. The summed E-state index contributed by atoms with van der Waals surface area (Å²) in [5.41, 5.74) is 0. The van der Waals surface area contributed by atoms with Crippen LogP contribution >= 0.6 is 0 Å². The quantitative estimate of drug-likeness (QED) is 0.0260. The van der Waals surface area contributed by atoms with Crippen LogP contribution in [0.3, 0.4) is 0 Å². The van der Waals surface area contributed by atoms with Gasteiger partial charge in [0.25, 0.3) is 0 Å². The van der Waals surface area contributed by atoms with E-state index in [1.807, 2.05) is 42.5 Å². The van der Waals surface area contributed by atoms with Gasteiger partial charge in [-0.05, 0) is 44.9 Å². The zero-order valence-electron chi connectivity index (χ0n) is 34.0. The highest BCUT2D eigenvalue weighted by Crippen LogP contribution is 2.26. The van der Waals surface area contributed by atoms with E-state index in [4.69, 9.17) is 28.4 Å². The van der Waals surface area contributed by atoms with Gasteiger partial charge in [0.2, 0.25) is 0 Å². The molecule has 2 heterocycles. The molecule has 2 aliphatic heterocycles. The van der Waals surface area contributed by atoms with Gasteiger partial charge in [0.1, 0.15) is 55.4 Å². The van der Waals surface area contributed by atoms with Crippen LogP contribution in [0.25, 0.3) is 0 Å². The Morgan fingerprint density at radius 2 is 1.16 bits per heavy atom. The van der Waals surface area contributed by atoms with Gasteiger partial charge in [0, 0.05) is 6.42 Å². The maximum Gasteiger partial charge on any atom is 0.309 e. The first kappa shape index (κ1) is 51.1. The van der Waals surface area contributed by atoms with Crippen molar-refractivity contribution in [3.05, 3.63) is 72.9 Å². The molecule has 0 radical (unpaired) electrons. The molecule has 15 heteroatoms. The second-order valence-electron chi connectivity index (χ2n) is 14.1. The fraction of sp³-hybridized carbons (Fsp3) is 0.674. The second kappa shape index (κ2) is 30.9. The average Bonchev–Trinajstić information content (AvgIpc) is 3.21. The van der Waals surface area contributed by atoms with Crippen molar-refractivity contribution in [3.63, 3.8) is 0 Å². The molecular weight excluding hydrogens is 756 g/mol. The first-order chi connectivity index (χ1) is 28.0. The summed E-state index contributed by atoms with van der Waals surface area (Å²) in [6, 6.07) is 0. The molecule has 0 aromatic heterocycles. The second-order valence-corrected chi connectivity index (χ2v) is 14.1. The number of hydrogen-bond acceptors (Lipinski definition) is 15. The molecule has 2 rings (SSSR count).